The lowest BCUT2D eigenvalue weighted by molar-refractivity contribution is 0.470. The van der Waals surface area contributed by atoms with E-state index in [1.807, 2.05) is 36.5 Å². The van der Waals surface area contributed by atoms with Gasteiger partial charge in [0.1, 0.15) is 0 Å². The van der Waals surface area contributed by atoms with E-state index in [9.17, 15) is 0 Å². The molecule has 0 spiro atoms. The summed E-state index contributed by atoms with van der Waals surface area (Å²) in [6.45, 7) is 4.33. The zero-order valence-corrected chi connectivity index (χ0v) is 12.1. The van der Waals surface area contributed by atoms with Gasteiger partial charge in [0, 0.05) is 23.3 Å². The molecule has 1 heterocycles. The molecule has 0 fully saturated rings. The second-order valence-electron chi connectivity index (χ2n) is 4.87. The molecule has 1 aromatic heterocycles. The number of rotatable bonds is 5. The van der Waals surface area contributed by atoms with Crippen LogP contribution >= 0.6 is 11.6 Å². The fraction of sp³-hybridized carbons (Fsp3) is 0.312. The fourth-order valence-corrected chi connectivity index (χ4v) is 2.30. The third-order valence-electron chi connectivity index (χ3n) is 3.12. The highest BCUT2D eigenvalue weighted by atomic mass is 35.5. The minimum atomic E-state index is 0.253. The van der Waals surface area contributed by atoms with Gasteiger partial charge in [0.2, 0.25) is 0 Å². The fourth-order valence-electron chi connectivity index (χ4n) is 2.18. The molecule has 2 rings (SSSR count). The zero-order valence-electron chi connectivity index (χ0n) is 11.3. The third-order valence-corrected chi connectivity index (χ3v) is 3.37. The average Bonchev–Trinajstić information content (AvgIpc) is 2.42. The van der Waals surface area contributed by atoms with Crippen molar-refractivity contribution in [1.29, 1.82) is 0 Å². The molecule has 0 radical (unpaired) electrons. The number of hydrogen-bond acceptors (Lipinski definition) is 2. The van der Waals surface area contributed by atoms with Crippen LogP contribution in [0.5, 0.6) is 0 Å². The van der Waals surface area contributed by atoms with Crippen LogP contribution < -0.4 is 5.32 Å². The van der Waals surface area contributed by atoms with Crippen molar-refractivity contribution in [3.05, 3.63) is 64.9 Å². The smallest absolute Gasteiger partial charge is 0.0570 e. The zero-order chi connectivity index (χ0) is 13.7. The van der Waals surface area contributed by atoms with Crippen molar-refractivity contribution in [3.8, 4) is 0 Å². The molecule has 3 heteroatoms. The van der Waals surface area contributed by atoms with E-state index < -0.39 is 0 Å². The largest absolute Gasteiger partial charge is 0.306 e. The number of nitrogens with one attached hydrogen (secondary N) is 1. The van der Waals surface area contributed by atoms with Gasteiger partial charge in [0.15, 0.2) is 0 Å². The molecule has 0 aliphatic rings. The van der Waals surface area contributed by atoms with E-state index in [1.165, 1.54) is 5.56 Å². The number of aromatic nitrogens is 1. The molecule has 100 valence electrons. The Balaban J connectivity index is 1.90. The highest BCUT2D eigenvalue weighted by Gasteiger charge is 2.10. The Morgan fingerprint density at radius 3 is 2.47 bits per heavy atom. The monoisotopic (exact) mass is 274 g/mol. The molecule has 1 aromatic carbocycles. The maximum atomic E-state index is 5.89. The topological polar surface area (TPSA) is 24.9 Å². The molecule has 0 saturated carbocycles. The van der Waals surface area contributed by atoms with Crippen molar-refractivity contribution in [3.63, 3.8) is 0 Å². The van der Waals surface area contributed by atoms with Gasteiger partial charge in [0.05, 0.1) is 5.69 Å². The number of pyridine rings is 1. The third kappa shape index (κ3) is 4.34. The van der Waals surface area contributed by atoms with E-state index in [0.717, 1.165) is 17.1 Å². The van der Waals surface area contributed by atoms with E-state index in [1.54, 1.807) is 0 Å². The van der Waals surface area contributed by atoms with Gasteiger partial charge in [-0.1, -0.05) is 29.8 Å². The van der Waals surface area contributed by atoms with Gasteiger partial charge >= 0.3 is 0 Å². The SMILES string of the molecule is CC(Cc1ccc(Cl)cc1)N[C@H](C)c1ccccn1. The van der Waals surface area contributed by atoms with E-state index in [4.69, 9.17) is 11.6 Å². The average molecular weight is 275 g/mol. The van der Waals surface area contributed by atoms with Crippen molar-refractivity contribution in [2.75, 3.05) is 0 Å². The Hall–Kier alpha value is -1.38. The molecule has 0 bridgehead atoms. The predicted molar refractivity (Wildman–Crippen MR) is 80.4 cm³/mol. The predicted octanol–water partition coefficient (Wildman–Crippen LogP) is 4.02. The van der Waals surface area contributed by atoms with Crippen molar-refractivity contribution < 1.29 is 0 Å². The van der Waals surface area contributed by atoms with Crippen LogP contribution in [0.3, 0.4) is 0 Å². The Kier molecular flexibility index (Phi) is 4.94. The van der Waals surface area contributed by atoms with Gasteiger partial charge in [-0.3, -0.25) is 4.98 Å². The number of nitrogens with zero attached hydrogens (tertiary/aromatic N) is 1. The molecule has 2 aromatic rings. The second kappa shape index (κ2) is 6.69. The van der Waals surface area contributed by atoms with E-state index in [-0.39, 0.29) is 6.04 Å². The number of hydrogen-bond donors (Lipinski definition) is 1. The van der Waals surface area contributed by atoms with Crippen LogP contribution in [0.1, 0.15) is 31.1 Å². The first-order valence-electron chi connectivity index (χ1n) is 6.56. The first-order chi connectivity index (χ1) is 9.15. The van der Waals surface area contributed by atoms with Crippen molar-refractivity contribution in [1.82, 2.24) is 10.3 Å². The lowest BCUT2D eigenvalue weighted by Gasteiger charge is -2.19. The minimum absolute atomic E-state index is 0.253. The molecule has 1 N–H and O–H groups in total. The molecule has 0 amide bonds. The molecule has 2 nitrogen and oxygen atoms in total. The van der Waals surface area contributed by atoms with Crippen LogP contribution in [0.25, 0.3) is 0 Å². The second-order valence-corrected chi connectivity index (χ2v) is 5.31. The van der Waals surface area contributed by atoms with E-state index >= 15 is 0 Å². The van der Waals surface area contributed by atoms with Gasteiger partial charge in [-0.25, -0.2) is 0 Å². The molecular weight excluding hydrogens is 256 g/mol. The van der Waals surface area contributed by atoms with Crippen molar-refractivity contribution in [2.45, 2.75) is 32.4 Å². The van der Waals surface area contributed by atoms with Crippen molar-refractivity contribution >= 4 is 11.6 Å². The molecular formula is C16H19ClN2. The maximum absolute atomic E-state index is 5.89. The standard InChI is InChI=1S/C16H19ClN2/c1-12(11-14-6-8-15(17)9-7-14)19-13(2)16-5-3-4-10-18-16/h3-10,12-13,19H,11H2,1-2H3/t12?,13-/m1/s1. The number of halogens is 1. The van der Waals surface area contributed by atoms with Gasteiger partial charge in [-0.05, 0) is 50.1 Å². The summed E-state index contributed by atoms with van der Waals surface area (Å²) in [6, 6.07) is 14.7. The van der Waals surface area contributed by atoms with Crippen LogP contribution in [0.4, 0.5) is 0 Å². The van der Waals surface area contributed by atoms with Gasteiger partial charge < -0.3 is 5.32 Å². The van der Waals surface area contributed by atoms with E-state index in [0.29, 0.717) is 6.04 Å². The van der Waals surface area contributed by atoms with Crippen LogP contribution in [0.15, 0.2) is 48.7 Å². The minimum Gasteiger partial charge on any atom is -0.306 e. The van der Waals surface area contributed by atoms with Crippen LogP contribution in [0, 0.1) is 0 Å². The van der Waals surface area contributed by atoms with Crippen molar-refractivity contribution in [2.24, 2.45) is 0 Å². The van der Waals surface area contributed by atoms with Gasteiger partial charge in [-0.2, -0.15) is 0 Å². The summed E-state index contributed by atoms with van der Waals surface area (Å²) in [5, 5.41) is 4.35. The van der Waals surface area contributed by atoms with Gasteiger partial charge in [0.25, 0.3) is 0 Å². The summed E-state index contributed by atoms with van der Waals surface area (Å²) < 4.78 is 0. The Bertz CT molecular complexity index is 496. The maximum Gasteiger partial charge on any atom is 0.0570 e. The lowest BCUT2D eigenvalue weighted by Crippen LogP contribution is -2.31. The Labute approximate surface area is 119 Å². The first kappa shape index (κ1) is 14.0. The summed E-state index contributed by atoms with van der Waals surface area (Å²) in [7, 11) is 0. The van der Waals surface area contributed by atoms with Crippen LogP contribution in [-0.4, -0.2) is 11.0 Å². The summed E-state index contributed by atoms with van der Waals surface area (Å²) in [5.74, 6) is 0. The Morgan fingerprint density at radius 2 is 1.84 bits per heavy atom. The quantitative estimate of drug-likeness (QED) is 0.891. The molecule has 19 heavy (non-hydrogen) atoms. The normalized spacial score (nSPS) is 14.1. The number of benzene rings is 1. The Morgan fingerprint density at radius 1 is 1.11 bits per heavy atom. The lowest BCUT2D eigenvalue weighted by atomic mass is 10.1. The van der Waals surface area contributed by atoms with E-state index in [2.05, 4.69) is 36.3 Å². The highest BCUT2D eigenvalue weighted by molar-refractivity contribution is 6.30. The molecule has 1 unspecified atom stereocenters. The molecule has 2 atom stereocenters. The summed E-state index contributed by atoms with van der Waals surface area (Å²) in [5.41, 5.74) is 2.36. The van der Waals surface area contributed by atoms with Gasteiger partial charge in [-0.15, -0.1) is 0 Å². The summed E-state index contributed by atoms with van der Waals surface area (Å²) >= 11 is 5.89. The first-order valence-corrected chi connectivity index (χ1v) is 6.94. The molecule has 0 saturated heterocycles. The molecule has 0 aliphatic carbocycles. The van der Waals surface area contributed by atoms with Crippen LogP contribution in [0.2, 0.25) is 5.02 Å². The van der Waals surface area contributed by atoms with Crippen LogP contribution in [-0.2, 0) is 6.42 Å². The highest BCUT2D eigenvalue weighted by Crippen LogP contribution is 2.13. The summed E-state index contributed by atoms with van der Waals surface area (Å²) in [4.78, 5) is 4.37. The summed E-state index contributed by atoms with van der Waals surface area (Å²) in [6.07, 6.45) is 2.81. The molecule has 0 aliphatic heterocycles.